The van der Waals surface area contributed by atoms with Crippen LogP contribution >= 0.6 is 11.3 Å². The average Bonchev–Trinajstić information content (AvgIpc) is 3.02. The Morgan fingerprint density at radius 2 is 2.15 bits per heavy atom. The van der Waals surface area contributed by atoms with Gasteiger partial charge in [-0.15, -0.1) is 11.3 Å². The highest BCUT2D eigenvalue weighted by Gasteiger charge is 2.63. The van der Waals surface area contributed by atoms with Gasteiger partial charge in [-0.3, -0.25) is 4.79 Å². The molecule has 0 bridgehead atoms. The minimum absolute atomic E-state index is 0.00492. The summed E-state index contributed by atoms with van der Waals surface area (Å²) in [5.41, 5.74) is 9.41. The van der Waals surface area contributed by atoms with Crippen LogP contribution in [0.5, 0.6) is 0 Å². The lowest BCUT2D eigenvalue weighted by Gasteiger charge is -2.57. The third-order valence-corrected chi connectivity index (χ3v) is 6.38. The quantitative estimate of drug-likeness (QED) is 0.833. The highest BCUT2D eigenvalue weighted by molar-refractivity contribution is 7.14. The second-order valence-corrected chi connectivity index (χ2v) is 8.51. The van der Waals surface area contributed by atoms with Crippen LogP contribution in [0.15, 0.2) is 23.6 Å². The summed E-state index contributed by atoms with van der Waals surface area (Å²) in [4.78, 5) is 17.4. The number of nitrogens with two attached hydrogens (primary N) is 1. The van der Waals surface area contributed by atoms with Crippen LogP contribution in [0.25, 0.3) is 11.3 Å². The molecule has 2 aromatic rings. The topological polar surface area (TPSA) is 77.2 Å². The number of anilines is 1. The van der Waals surface area contributed by atoms with Crippen molar-refractivity contribution in [3.63, 3.8) is 0 Å². The number of benzene rings is 1. The van der Waals surface area contributed by atoms with Crippen molar-refractivity contribution in [3.05, 3.63) is 34.7 Å². The molecule has 3 N–H and O–H groups in total. The number of hydrogen-bond donors (Lipinski definition) is 2. The third-order valence-electron chi connectivity index (χ3n) is 5.62. The van der Waals surface area contributed by atoms with Crippen LogP contribution in [0.1, 0.15) is 38.3 Å². The SMILES string of the molecule is CCOC1CC(N)(C(=O)Nc2nc(-c3ccc(C)cc3C)cs2)C1(C)C. The summed E-state index contributed by atoms with van der Waals surface area (Å²) in [5.74, 6) is -0.194. The predicted octanol–water partition coefficient (Wildman–Crippen LogP) is 3.90. The number of thiazole rings is 1. The van der Waals surface area contributed by atoms with Crippen LogP contribution in [0, 0.1) is 19.3 Å². The van der Waals surface area contributed by atoms with E-state index in [-0.39, 0.29) is 12.0 Å². The van der Waals surface area contributed by atoms with E-state index in [4.69, 9.17) is 10.5 Å². The molecule has 0 aliphatic heterocycles. The standard InChI is InChI=1S/C20H27N3O2S/c1-6-25-16-10-20(21,19(16,4)5)17(24)23-18-22-15(11-26-18)14-8-7-12(2)9-13(14)3/h7-9,11,16H,6,10,21H2,1-5H3,(H,22,23,24). The van der Waals surface area contributed by atoms with E-state index in [0.717, 1.165) is 11.3 Å². The lowest BCUT2D eigenvalue weighted by atomic mass is 9.54. The maximum absolute atomic E-state index is 12.8. The van der Waals surface area contributed by atoms with E-state index in [1.165, 1.54) is 22.5 Å². The summed E-state index contributed by atoms with van der Waals surface area (Å²) in [7, 11) is 0. The Balaban J connectivity index is 1.74. The molecule has 2 unspecified atom stereocenters. The molecule has 0 radical (unpaired) electrons. The van der Waals surface area contributed by atoms with E-state index in [2.05, 4.69) is 42.3 Å². The summed E-state index contributed by atoms with van der Waals surface area (Å²) in [5, 5.41) is 5.45. The molecule has 140 valence electrons. The first kappa shape index (κ1) is 19.0. The van der Waals surface area contributed by atoms with Gasteiger partial charge in [0, 0.05) is 29.4 Å². The highest BCUT2D eigenvalue weighted by atomic mass is 32.1. The van der Waals surface area contributed by atoms with Gasteiger partial charge in [-0.1, -0.05) is 37.6 Å². The predicted molar refractivity (Wildman–Crippen MR) is 106 cm³/mol. The lowest BCUT2D eigenvalue weighted by Crippen LogP contribution is -2.74. The molecule has 26 heavy (non-hydrogen) atoms. The summed E-state index contributed by atoms with van der Waals surface area (Å²) in [6, 6.07) is 6.27. The molecule has 1 saturated carbocycles. The monoisotopic (exact) mass is 373 g/mol. The van der Waals surface area contributed by atoms with Gasteiger partial charge in [0.05, 0.1) is 11.8 Å². The van der Waals surface area contributed by atoms with Crippen LogP contribution in [0.4, 0.5) is 5.13 Å². The first-order valence-corrected chi connectivity index (χ1v) is 9.82. The molecular formula is C20H27N3O2S. The second kappa shape index (κ2) is 6.76. The maximum Gasteiger partial charge on any atom is 0.246 e. The number of carbonyl (C=O) groups excluding carboxylic acids is 1. The van der Waals surface area contributed by atoms with E-state index in [1.54, 1.807) is 0 Å². The molecule has 1 fully saturated rings. The number of aromatic nitrogens is 1. The number of amides is 1. The average molecular weight is 374 g/mol. The molecule has 1 aromatic carbocycles. The summed E-state index contributed by atoms with van der Waals surface area (Å²) in [6.45, 7) is 10.7. The lowest BCUT2D eigenvalue weighted by molar-refractivity contribution is -0.166. The number of carbonyl (C=O) groups is 1. The fraction of sp³-hybridized carbons (Fsp3) is 0.500. The van der Waals surface area contributed by atoms with Crippen molar-refractivity contribution in [1.29, 1.82) is 0 Å². The molecule has 6 heteroatoms. The number of hydrogen-bond acceptors (Lipinski definition) is 5. The molecule has 2 atom stereocenters. The van der Waals surface area contributed by atoms with Crippen molar-refractivity contribution in [2.75, 3.05) is 11.9 Å². The van der Waals surface area contributed by atoms with E-state index in [1.807, 2.05) is 26.2 Å². The van der Waals surface area contributed by atoms with Gasteiger partial charge in [0.15, 0.2) is 5.13 Å². The van der Waals surface area contributed by atoms with Crippen molar-refractivity contribution < 1.29 is 9.53 Å². The van der Waals surface area contributed by atoms with Crippen LogP contribution in [0.3, 0.4) is 0 Å². The number of ether oxygens (including phenoxy) is 1. The summed E-state index contributed by atoms with van der Waals surface area (Å²) < 4.78 is 5.70. The fourth-order valence-electron chi connectivity index (χ4n) is 3.59. The Labute approximate surface area is 159 Å². The molecule has 1 aliphatic carbocycles. The molecule has 0 saturated heterocycles. The van der Waals surface area contributed by atoms with Gasteiger partial charge in [0.2, 0.25) is 5.91 Å². The summed E-state index contributed by atoms with van der Waals surface area (Å²) in [6.07, 6.45) is 0.528. The van der Waals surface area contributed by atoms with Crippen molar-refractivity contribution in [1.82, 2.24) is 4.98 Å². The first-order valence-electron chi connectivity index (χ1n) is 8.94. The highest BCUT2D eigenvalue weighted by Crippen LogP contribution is 2.50. The zero-order chi connectivity index (χ0) is 19.1. The second-order valence-electron chi connectivity index (χ2n) is 7.65. The zero-order valence-electron chi connectivity index (χ0n) is 16.1. The van der Waals surface area contributed by atoms with Gasteiger partial charge in [-0.05, 0) is 26.3 Å². The fourth-order valence-corrected chi connectivity index (χ4v) is 4.29. The van der Waals surface area contributed by atoms with E-state index in [0.29, 0.717) is 18.2 Å². The maximum atomic E-state index is 12.8. The Morgan fingerprint density at radius 1 is 1.42 bits per heavy atom. The first-order chi connectivity index (χ1) is 12.2. The number of nitrogens with zero attached hydrogens (tertiary/aromatic N) is 1. The smallest absolute Gasteiger partial charge is 0.246 e. The normalized spacial score (nSPS) is 24.2. The van der Waals surface area contributed by atoms with Crippen LogP contribution in [0.2, 0.25) is 0 Å². The van der Waals surface area contributed by atoms with Crippen molar-refractivity contribution in [2.45, 2.75) is 52.7 Å². The summed E-state index contributed by atoms with van der Waals surface area (Å²) >= 11 is 1.42. The van der Waals surface area contributed by atoms with Crippen LogP contribution in [-0.4, -0.2) is 29.1 Å². The third kappa shape index (κ3) is 3.06. The van der Waals surface area contributed by atoms with Gasteiger partial charge in [-0.2, -0.15) is 0 Å². The molecule has 1 aromatic heterocycles. The van der Waals surface area contributed by atoms with Crippen molar-refractivity contribution in [3.8, 4) is 11.3 Å². The number of rotatable bonds is 5. The minimum Gasteiger partial charge on any atom is -0.378 e. The number of nitrogens with one attached hydrogen (secondary N) is 1. The van der Waals surface area contributed by atoms with Crippen molar-refractivity contribution in [2.24, 2.45) is 11.1 Å². The molecule has 1 aliphatic rings. The van der Waals surface area contributed by atoms with E-state index in [9.17, 15) is 4.79 Å². The zero-order valence-corrected chi connectivity index (χ0v) is 16.9. The largest absolute Gasteiger partial charge is 0.378 e. The molecular weight excluding hydrogens is 346 g/mol. The molecule has 1 amide bonds. The van der Waals surface area contributed by atoms with Gasteiger partial charge in [0.25, 0.3) is 0 Å². The molecule has 5 nitrogen and oxygen atoms in total. The number of aryl methyl sites for hydroxylation is 2. The van der Waals surface area contributed by atoms with Gasteiger partial charge in [0.1, 0.15) is 5.54 Å². The Bertz CT molecular complexity index is 830. The Morgan fingerprint density at radius 3 is 2.77 bits per heavy atom. The molecule has 1 heterocycles. The van der Waals surface area contributed by atoms with E-state index >= 15 is 0 Å². The van der Waals surface area contributed by atoms with E-state index < -0.39 is 11.0 Å². The van der Waals surface area contributed by atoms with Gasteiger partial charge < -0.3 is 15.8 Å². The minimum atomic E-state index is -0.946. The molecule has 0 spiro atoms. The Hall–Kier alpha value is -1.76. The van der Waals surface area contributed by atoms with Crippen LogP contribution < -0.4 is 11.1 Å². The Kier molecular flexibility index (Phi) is 4.94. The van der Waals surface area contributed by atoms with Crippen molar-refractivity contribution >= 4 is 22.4 Å². The molecule has 3 rings (SSSR count). The van der Waals surface area contributed by atoms with Crippen LogP contribution in [-0.2, 0) is 9.53 Å². The van der Waals surface area contributed by atoms with Gasteiger partial charge >= 0.3 is 0 Å². The van der Waals surface area contributed by atoms with Gasteiger partial charge in [-0.25, -0.2) is 4.98 Å².